The molecule has 0 aromatic heterocycles. The van der Waals surface area contributed by atoms with Crippen LogP contribution >= 0.6 is 11.6 Å². The largest absolute Gasteiger partial charge is 0.480 e. The van der Waals surface area contributed by atoms with Gasteiger partial charge in [0.25, 0.3) is 0 Å². The molecule has 4 heteroatoms. The SMILES string of the molecule is Cc1cc(Cl)cc(CN(CC(=O)O)C(C)C)c1. The summed E-state index contributed by atoms with van der Waals surface area (Å²) in [5.41, 5.74) is 2.14. The molecule has 0 amide bonds. The van der Waals surface area contributed by atoms with Crippen molar-refractivity contribution in [2.75, 3.05) is 6.54 Å². The Morgan fingerprint density at radius 3 is 2.53 bits per heavy atom. The molecule has 0 saturated carbocycles. The first-order valence-electron chi connectivity index (χ1n) is 5.60. The summed E-state index contributed by atoms with van der Waals surface area (Å²) < 4.78 is 0. The van der Waals surface area contributed by atoms with E-state index in [1.54, 1.807) is 0 Å². The third-order valence-corrected chi connectivity index (χ3v) is 2.77. The number of hydrogen-bond donors (Lipinski definition) is 1. The lowest BCUT2D eigenvalue weighted by Crippen LogP contribution is -2.35. The maximum atomic E-state index is 10.8. The van der Waals surface area contributed by atoms with Crippen LogP contribution in [0.1, 0.15) is 25.0 Å². The van der Waals surface area contributed by atoms with E-state index in [9.17, 15) is 4.79 Å². The summed E-state index contributed by atoms with van der Waals surface area (Å²) in [5, 5.41) is 9.55. The smallest absolute Gasteiger partial charge is 0.317 e. The predicted molar refractivity (Wildman–Crippen MR) is 69.4 cm³/mol. The van der Waals surface area contributed by atoms with E-state index in [2.05, 4.69) is 0 Å². The van der Waals surface area contributed by atoms with Gasteiger partial charge in [-0.15, -0.1) is 0 Å². The lowest BCUT2D eigenvalue weighted by atomic mass is 10.1. The standard InChI is InChI=1S/C13H18ClNO2/c1-9(2)15(8-13(16)17)7-11-4-10(3)5-12(14)6-11/h4-6,9H,7-8H2,1-3H3,(H,16,17). The summed E-state index contributed by atoms with van der Waals surface area (Å²) in [5.74, 6) is -0.808. The van der Waals surface area contributed by atoms with Crippen LogP contribution in [-0.4, -0.2) is 28.6 Å². The highest BCUT2D eigenvalue weighted by Gasteiger charge is 2.14. The lowest BCUT2D eigenvalue weighted by molar-refractivity contribution is -0.138. The Balaban J connectivity index is 2.81. The van der Waals surface area contributed by atoms with Crippen molar-refractivity contribution in [3.8, 4) is 0 Å². The molecule has 17 heavy (non-hydrogen) atoms. The fourth-order valence-electron chi connectivity index (χ4n) is 1.73. The summed E-state index contributed by atoms with van der Waals surface area (Å²) in [6.45, 7) is 6.60. The van der Waals surface area contributed by atoms with Crippen molar-refractivity contribution in [3.63, 3.8) is 0 Å². The monoisotopic (exact) mass is 255 g/mol. The van der Waals surface area contributed by atoms with Gasteiger partial charge < -0.3 is 5.11 Å². The van der Waals surface area contributed by atoms with Gasteiger partial charge in [0, 0.05) is 17.6 Å². The minimum absolute atomic E-state index is 0.0449. The average Bonchev–Trinajstić information content (AvgIpc) is 2.13. The van der Waals surface area contributed by atoms with Crippen LogP contribution < -0.4 is 0 Å². The van der Waals surface area contributed by atoms with E-state index in [-0.39, 0.29) is 12.6 Å². The van der Waals surface area contributed by atoms with Crippen molar-refractivity contribution >= 4 is 17.6 Å². The Morgan fingerprint density at radius 2 is 2.06 bits per heavy atom. The van der Waals surface area contributed by atoms with E-state index in [0.29, 0.717) is 11.6 Å². The summed E-state index contributed by atoms with van der Waals surface area (Å²) in [4.78, 5) is 12.7. The van der Waals surface area contributed by atoms with Crippen molar-refractivity contribution in [1.29, 1.82) is 0 Å². The maximum Gasteiger partial charge on any atom is 0.317 e. The zero-order valence-corrected chi connectivity index (χ0v) is 11.2. The van der Waals surface area contributed by atoms with Crippen LogP contribution in [0.4, 0.5) is 0 Å². The van der Waals surface area contributed by atoms with Crippen molar-refractivity contribution in [3.05, 3.63) is 34.3 Å². The first-order valence-corrected chi connectivity index (χ1v) is 5.98. The second-order valence-corrected chi connectivity index (χ2v) is 4.97. The highest BCUT2D eigenvalue weighted by atomic mass is 35.5. The number of halogens is 1. The molecule has 94 valence electrons. The van der Waals surface area contributed by atoms with Crippen molar-refractivity contribution in [2.45, 2.75) is 33.4 Å². The molecular weight excluding hydrogens is 238 g/mol. The predicted octanol–water partition coefficient (Wildman–Crippen LogP) is 2.94. The molecule has 0 spiro atoms. The highest BCUT2D eigenvalue weighted by molar-refractivity contribution is 6.30. The molecule has 0 unspecified atom stereocenters. The minimum atomic E-state index is -0.808. The molecule has 0 fully saturated rings. The molecule has 0 aliphatic carbocycles. The van der Waals surface area contributed by atoms with Gasteiger partial charge in [-0.05, 0) is 44.0 Å². The molecule has 0 bridgehead atoms. The molecule has 0 aliphatic heterocycles. The zero-order chi connectivity index (χ0) is 13.0. The van der Waals surface area contributed by atoms with Gasteiger partial charge in [0.2, 0.25) is 0 Å². The van der Waals surface area contributed by atoms with Gasteiger partial charge in [-0.2, -0.15) is 0 Å². The Labute approximate surface area is 107 Å². The molecule has 3 nitrogen and oxygen atoms in total. The number of carbonyl (C=O) groups is 1. The minimum Gasteiger partial charge on any atom is -0.480 e. The summed E-state index contributed by atoms with van der Waals surface area (Å²) in [6.07, 6.45) is 0. The summed E-state index contributed by atoms with van der Waals surface area (Å²) in [6, 6.07) is 5.99. The lowest BCUT2D eigenvalue weighted by Gasteiger charge is -2.24. The zero-order valence-electron chi connectivity index (χ0n) is 10.4. The van der Waals surface area contributed by atoms with Crippen LogP contribution in [0, 0.1) is 6.92 Å². The van der Waals surface area contributed by atoms with Gasteiger partial charge >= 0.3 is 5.97 Å². The van der Waals surface area contributed by atoms with Gasteiger partial charge in [0.15, 0.2) is 0 Å². The van der Waals surface area contributed by atoms with Crippen molar-refractivity contribution < 1.29 is 9.90 Å². The van der Waals surface area contributed by atoms with Gasteiger partial charge in [0.1, 0.15) is 0 Å². The fraction of sp³-hybridized carbons (Fsp3) is 0.462. The number of aliphatic carboxylic acids is 1. The number of benzene rings is 1. The summed E-state index contributed by atoms with van der Waals surface area (Å²) in [7, 11) is 0. The molecular formula is C13H18ClNO2. The Bertz CT molecular complexity index is 384. The van der Waals surface area contributed by atoms with E-state index in [1.165, 1.54) is 0 Å². The molecule has 0 saturated heterocycles. The van der Waals surface area contributed by atoms with E-state index in [4.69, 9.17) is 16.7 Å². The van der Waals surface area contributed by atoms with E-state index in [1.807, 2.05) is 43.9 Å². The van der Waals surface area contributed by atoms with Crippen molar-refractivity contribution in [2.24, 2.45) is 0 Å². The molecule has 0 atom stereocenters. The Kier molecular flexibility index (Phi) is 4.97. The molecule has 1 rings (SSSR count). The number of carboxylic acids is 1. The van der Waals surface area contributed by atoms with Crippen LogP contribution in [-0.2, 0) is 11.3 Å². The second-order valence-electron chi connectivity index (χ2n) is 4.53. The highest BCUT2D eigenvalue weighted by Crippen LogP contribution is 2.17. The van der Waals surface area contributed by atoms with Crippen molar-refractivity contribution in [1.82, 2.24) is 4.90 Å². The number of aryl methyl sites for hydroxylation is 1. The Morgan fingerprint density at radius 1 is 1.41 bits per heavy atom. The molecule has 1 N–H and O–H groups in total. The normalized spacial score (nSPS) is 11.2. The van der Waals surface area contributed by atoms with E-state index < -0.39 is 5.97 Å². The number of nitrogens with zero attached hydrogens (tertiary/aromatic N) is 1. The topological polar surface area (TPSA) is 40.5 Å². The number of carboxylic acid groups (broad SMARTS) is 1. The molecule has 0 aliphatic rings. The van der Waals surface area contributed by atoms with Gasteiger partial charge in [-0.1, -0.05) is 17.7 Å². The van der Waals surface area contributed by atoms with E-state index in [0.717, 1.165) is 11.1 Å². The first kappa shape index (κ1) is 14.0. The third-order valence-electron chi connectivity index (χ3n) is 2.56. The van der Waals surface area contributed by atoms with Gasteiger partial charge in [-0.25, -0.2) is 0 Å². The third kappa shape index (κ3) is 4.75. The quantitative estimate of drug-likeness (QED) is 0.880. The van der Waals surface area contributed by atoms with E-state index >= 15 is 0 Å². The fourth-order valence-corrected chi connectivity index (χ4v) is 2.04. The molecule has 0 heterocycles. The average molecular weight is 256 g/mol. The summed E-state index contributed by atoms with van der Waals surface area (Å²) >= 11 is 5.98. The number of hydrogen-bond acceptors (Lipinski definition) is 2. The molecule has 0 radical (unpaired) electrons. The first-order chi connectivity index (χ1) is 7.88. The maximum absolute atomic E-state index is 10.8. The van der Waals surface area contributed by atoms with Gasteiger partial charge in [0.05, 0.1) is 6.54 Å². The Hall–Kier alpha value is -1.06. The molecule has 1 aromatic carbocycles. The number of rotatable bonds is 5. The van der Waals surface area contributed by atoms with Gasteiger partial charge in [-0.3, -0.25) is 9.69 Å². The van der Waals surface area contributed by atoms with Crippen LogP contribution in [0.15, 0.2) is 18.2 Å². The van der Waals surface area contributed by atoms with Crippen LogP contribution in [0.3, 0.4) is 0 Å². The molecule has 1 aromatic rings. The van der Waals surface area contributed by atoms with Crippen LogP contribution in [0.5, 0.6) is 0 Å². The van der Waals surface area contributed by atoms with Crippen LogP contribution in [0.2, 0.25) is 5.02 Å². The van der Waals surface area contributed by atoms with Crippen LogP contribution in [0.25, 0.3) is 0 Å². The second kappa shape index (κ2) is 6.03.